The summed E-state index contributed by atoms with van der Waals surface area (Å²) in [6, 6.07) is 8.02. The second-order valence-corrected chi connectivity index (χ2v) is 3.95. The Kier molecular flexibility index (Phi) is 8.21. The Morgan fingerprint density at radius 2 is 2.17 bits per heavy atom. The Hall–Kier alpha value is -1.10. The lowest BCUT2D eigenvalue weighted by molar-refractivity contribution is 0.110. The summed E-state index contributed by atoms with van der Waals surface area (Å²) in [7, 11) is 0. The molecule has 1 aromatic rings. The van der Waals surface area contributed by atoms with E-state index in [9.17, 15) is 0 Å². The molecule has 0 heterocycles. The van der Waals surface area contributed by atoms with E-state index in [1.165, 1.54) is 5.56 Å². The third-order valence-electron chi connectivity index (χ3n) is 2.44. The summed E-state index contributed by atoms with van der Waals surface area (Å²) in [4.78, 5) is 0. The molecular weight excluding hydrogens is 230 g/mol. The van der Waals surface area contributed by atoms with Gasteiger partial charge >= 0.3 is 0 Å². The Morgan fingerprint density at radius 3 is 2.94 bits per heavy atom. The fraction of sp³-hybridized carbons (Fsp3) is 0.571. The molecule has 0 atom stereocenters. The Morgan fingerprint density at radius 1 is 1.28 bits per heavy atom. The van der Waals surface area contributed by atoms with Crippen LogP contribution in [0.2, 0.25) is 0 Å². The lowest BCUT2D eigenvalue weighted by Crippen LogP contribution is -2.15. The lowest BCUT2D eigenvalue weighted by atomic mass is 10.2. The first kappa shape index (κ1) is 15.0. The highest BCUT2D eigenvalue weighted by Gasteiger charge is 1.97. The molecule has 0 spiro atoms. The molecule has 18 heavy (non-hydrogen) atoms. The van der Waals surface area contributed by atoms with Crippen molar-refractivity contribution < 1.29 is 14.6 Å². The van der Waals surface area contributed by atoms with E-state index < -0.39 is 0 Å². The van der Waals surface area contributed by atoms with Crippen molar-refractivity contribution in [2.75, 3.05) is 33.0 Å². The summed E-state index contributed by atoms with van der Waals surface area (Å²) in [5, 5.41) is 11.9. The van der Waals surface area contributed by atoms with E-state index in [4.69, 9.17) is 14.6 Å². The molecule has 0 fully saturated rings. The molecule has 2 N–H and O–H groups in total. The van der Waals surface area contributed by atoms with E-state index >= 15 is 0 Å². The van der Waals surface area contributed by atoms with Crippen molar-refractivity contribution in [3.63, 3.8) is 0 Å². The summed E-state index contributed by atoms with van der Waals surface area (Å²) in [5.41, 5.74) is 1.18. The SMILES string of the molecule is CCOCCOc1cccc(CNCCCO)c1. The van der Waals surface area contributed by atoms with Crippen LogP contribution in [0.5, 0.6) is 5.75 Å². The zero-order chi connectivity index (χ0) is 13.1. The van der Waals surface area contributed by atoms with Crippen LogP contribution < -0.4 is 10.1 Å². The maximum absolute atomic E-state index is 8.68. The van der Waals surface area contributed by atoms with E-state index in [1.807, 2.05) is 25.1 Å². The Bertz CT molecular complexity index is 290. The Labute approximate surface area is 109 Å². The zero-order valence-corrected chi connectivity index (χ0v) is 11.0. The van der Waals surface area contributed by atoms with Gasteiger partial charge in [0.25, 0.3) is 0 Å². The van der Waals surface area contributed by atoms with E-state index in [1.54, 1.807) is 0 Å². The molecule has 4 nitrogen and oxygen atoms in total. The van der Waals surface area contributed by atoms with Gasteiger partial charge in [0, 0.05) is 19.8 Å². The third kappa shape index (κ3) is 6.59. The van der Waals surface area contributed by atoms with Crippen molar-refractivity contribution in [3.05, 3.63) is 29.8 Å². The van der Waals surface area contributed by atoms with Gasteiger partial charge in [0.1, 0.15) is 12.4 Å². The summed E-state index contributed by atoms with van der Waals surface area (Å²) in [5.74, 6) is 0.871. The number of aliphatic hydroxyl groups excluding tert-OH is 1. The van der Waals surface area contributed by atoms with E-state index in [0.29, 0.717) is 13.2 Å². The molecule has 0 saturated heterocycles. The molecule has 102 valence electrons. The number of ether oxygens (including phenoxy) is 2. The normalized spacial score (nSPS) is 10.6. The van der Waals surface area contributed by atoms with Crippen LogP contribution in [0.4, 0.5) is 0 Å². The summed E-state index contributed by atoms with van der Waals surface area (Å²) < 4.78 is 10.8. The molecule has 4 heteroatoms. The first-order chi connectivity index (χ1) is 8.86. The molecular formula is C14H23NO3. The molecule has 1 aromatic carbocycles. The van der Waals surface area contributed by atoms with Gasteiger partial charge in [-0.2, -0.15) is 0 Å². The van der Waals surface area contributed by atoms with Gasteiger partial charge in [-0.15, -0.1) is 0 Å². The van der Waals surface area contributed by atoms with Gasteiger partial charge in [0.15, 0.2) is 0 Å². The number of nitrogens with one attached hydrogen (secondary N) is 1. The number of hydrogen-bond donors (Lipinski definition) is 2. The smallest absolute Gasteiger partial charge is 0.119 e. The van der Waals surface area contributed by atoms with Crippen molar-refractivity contribution in [1.82, 2.24) is 5.32 Å². The summed E-state index contributed by atoms with van der Waals surface area (Å²) in [6.45, 7) is 5.74. The van der Waals surface area contributed by atoms with Gasteiger partial charge in [-0.1, -0.05) is 12.1 Å². The third-order valence-corrected chi connectivity index (χ3v) is 2.44. The van der Waals surface area contributed by atoms with E-state index in [-0.39, 0.29) is 6.61 Å². The molecule has 0 aliphatic rings. The highest BCUT2D eigenvalue weighted by molar-refractivity contribution is 5.28. The fourth-order valence-corrected chi connectivity index (χ4v) is 1.54. The predicted octanol–water partition coefficient (Wildman–Crippen LogP) is 1.57. The topological polar surface area (TPSA) is 50.7 Å². The molecule has 0 bridgehead atoms. The van der Waals surface area contributed by atoms with Crippen LogP contribution in [0.25, 0.3) is 0 Å². The minimum atomic E-state index is 0.230. The number of aliphatic hydroxyl groups is 1. The van der Waals surface area contributed by atoms with Crippen molar-refractivity contribution in [2.24, 2.45) is 0 Å². The first-order valence-electron chi connectivity index (χ1n) is 6.48. The molecule has 0 radical (unpaired) electrons. The molecule has 0 unspecified atom stereocenters. The largest absolute Gasteiger partial charge is 0.491 e. The zero-order valence-electron chi connectivity index (χ0n) is 11.0. The van der Waals surface area contributed by atoms with Gasteiger partial charge < -0.3 is 19.9 Å². The van der Waals surface area contributed by atoms with E-state index in [0.717, 1.165) is 31.9 Å². The van der Waals surface area contributed by atoms with Gasteiger partial charge in [0.2, 0.25) is 0 Å². The standard InChI is InChI=1S/C14H23NO3/c1-2-17-9-10-18-14-6-3-5-13(11-14)12-15-7-4-8-16/h3,5-6,11,15-16H,2,4,7-10,12H2,1H3. The maximum atomic E-state index is 8.68. The quantitative estimate of drug-likeness (QED) is 0.622. The second kappa shape index (κ2) is 9.88. The van der Waals surface area contributed by atoms with Crippen LogP contribution in [0.3, 0.4) is 0 Å². The van der Waals surface area contributed by atoms with Crippen LogP contribution in [-0.4, -0.2) is 38.1 Å². The predicted molar refractivity (Wildman–Crippen MR) is 71.8 cm³/mol. The second-order valence-electron chi connectivity index (χ2n) is 3.95. The van der Waals surface area contributed by atoms with Crippen molar-refractivity contribution in [3.8, 4) is 5.75 Å². The number of rotatable bonds is 10. The minimum absolute atomic E-state index is 0.230. The molecule has 0 aliphatic carbocycles. The number of benzene rings is 1. The number of hydrogen-bond acceptors (Lipinski definition) is 4. The van der Waals surface area contributed by atoms with Crippen molar-refractivity contribution >= 4 is 0 Å². The summed E-state index contributed by atoms with van der Waals surface area (Å²) >= 11 is 0. The maximum Gasteiger partial charge on any atom is 0.119 e. The van der Waals surface area contributed by atoms with Gasteiger partial charge in [-0.05, 0) is 37.6 Å². The van der Waals surface area contributed by atoms with Gasteiger partial charge in [-0.25, -0.2) is 0 Å². The van der Waals surface area contributed by atoms with Crippen molar-refractivity contribution in [2.45, 2.75) is 19.9 Å². The average molecular weight is 253 g/mol. The Balaban J connectivity index is 2.27. The van der Waals surface area contributed by atoms with Crippen LogP contribution in [0.1, 0.15) is 18.9 Å². The average Bonchev–Trinajstić information content (AvgIpc) is 2.40. The van der Waals surface area contributed by atoms with Crippen LogP contribution >= 0.6 is 0 Å². The van der Waals surface area contributed by atoms with E-state index in [2.05, 4.69) is 11.4 Å². The minimum Gasteiger partial charge on any atom is -0.491 e. The van der Waals surface area contributed by atoms with Gasteiger partial charge in [-0.3, -0.25) is 0 Å². The first-order valence-corrected chi connectivity index (χ1v) is 6.48. The fourth-order valence-electron chi connectivity index (χ4n) is 1.54. The van der Waals surface area contributed by atoms with Crippen LogP contribution in [0.15, 0.2) is 24.3 Å². The molecule has 0 aliphatic heterocycles. The van der Waals surface area contributed by atoms with Crippen LogP contribution in [-0.2, 0) is 11.3 Å². The lowest BCUT2D eigenvalue weighted by Gasteiger charge is -2.08. The molecule has 0 saturated carbocycles. The highest BCUT2D eigenvalue weighted by atomic mass is 16.5. The highest BCUT2D eigenvalue weighted by Crippen LogP contribution is 2.13. The van der Waals surface area contributed by atoms with Gasteiger partial charge in [0.05, 0.1) is 6.61 Å². The molecule has 0 aromatic heterocycles. The van der Waals surface area contributed by atoms with Crippen molar-refractivity contribution in [1.29, 1.82) is 0 Å². The monoisotopic (exact) mass is 253 g/mol. The molecule has 1 rings (SSSR count). The molecule has 0 amide bonds. The summed E-state index contributed by atoms with van der Waals surface area (Å²) in [6.07, 6.45) is 0.782. The van der Waals surface area contributed by atoms with Crippen LogP contribution in [0, 0.1) is 0 Å².